The summed E-state index contributed by atoms with van der Waals surface area (Å²) < 4.78 is 18.0. The molecule has 5 heteroatoms. The second-order valence-corrected chi connectivity index (χ2v) is 3.89. The summed E-state index contributed by atoms with van der Waals surface area (Å²) in [5.74, 6) is -0.431. The molecule has 0 aliphatic carbocycles. The van der Waals surface area contributed by atoms with Crippen LogP contribution in [0.25, 0.3) is 0 Å². The van der Waals surface area contributed by atoms with E-state index in [0.717, 1.165) is 0 Å². The highest BCUT2D eigenvalue weighted by molar-refractivity contribution is 6.30. The summed E-state index contributed by atoms with van der Waals surface area (Å²) in [5, 5.41) is 0.00675. The Bertz CT molecular complexity index is 309. The lowest BCUT2D eigenvalue weighted by Crippen LogP contribution is -2.12. The molecule has 0 aromatic carbocycles. The van der Waals surface area contributed by atoms with Crippen molar-refractivity contribution in [3.05, 3.63) is 28.8 Å². The molecule has 1 aromatic rings. The Morgan fingerprint density at radius 1 is 1.64 bits per heavy atom. The molecule has 0 aliphatic heterocycles. The molecule has 1 unspecified atom stereocenters. The minimum atomic E-state index is -0.431. The topological polar surface area (TPSA) is 22.1 Å². The number of methoxy groups -OCH3 is 1. The van der Waals surface area contributed by atoms with E-state index in [-0.39, 0.29) is 10.4 Å². The van der Waals surface area contributed by atoms with Crippen molar-refractivity contribution in [3.63, 3.8) is 0 Å². The van der Waals surface area contributed by atoms with Crippen molar-refractivity contribution < 1.29 is 9.13 Å². The molecule has 0 N–H and O–H groups in total. The van der Waals surface area contributed by atoms with Gasteiger partial charge in [0.1, 0.15) is 5.82 Å². The molecule has 1 aromatic heterocycles. The molecular weight excluding hydrogens is 228 g/mol. The molecule has 1 rings (SSSR count). The van der Waals surface area contributed by atoms with E-state index >= 15 is 0 Å². The summed E-state index contributed by atoms with van der Waals surface area (Å²) in [6, 6.07) is 1.22. The molecular formula is C9H10Cl2FNO. The van der Waals surface area contributed by atoms with Gasteiger partial charge in [-0.25, -0.2) is 4.39 Å². The number of nitrogens with zero attached hydrogens (tertiary/aromatic N) is 1. The van der Waals surface area contributed by atoms with E-state index < -0.39 is 5.82 Å². The van der Waals surface area contributed by atoms with Crippen LogP contribution in [-0.4, -0.2) is 24.1 Å². The molecule has 0 amide bonds. The summed E-state index contributed by atoms with van der Waals surface area (Å²) in [4.78, 5) is 3.85. The first-order valence-electron chi connectivity index (χ1n) is 4.06. The third-order valence-electron chi connectivity index (χ3n) is 1.65. The van der Waals surface area contributed by atoms with Crippen LogP contribution < -0.4 is 0 Å². The van der Waals surface area contributed by atoms with E-state index in [9.17, 15) is 4.39 Å². The highest BCUT2D eigenvalue weighted by atomic mass is 35.5. The highest BCUT2D eigenvalue weighted by Crippen LogP contribution is 2.14. The zero-order valence-corrected chi connectivity index (χ0v) is 9.15. The van der Waals surface area contributed by atoms with Crippen LogP contribution in [0.1, 0.15) is 5.69 Å². The standard InChI is InChI=1S/C9H10Cl2FNO/c1-14-5-7(11)3-9-8(12)2-6(10)4-13-9/h2,4,7H,3,5H2,1H3. The average Bonchev–Trinajstić information content (AvgIpc) is 2.10. The smallest absolute Gasteiger partial charge is 0.146 e. The van der Waals surface area contributed by atoms with Crippen LogP contribution in [0, 0.1) is 5.82 Å². The van der Waals surface area contributed by atoms with Gasteiger partial charge in [0.05, 0.1) is 22.7 Å². The van der Waals surface area contributed by atoms with Crippen LogP contribution in [0.2, 0.25) is 5.02 Å². The molecule has 1 heterocycles. The third kappa shape index (κ3) is 3.40. The first-order chi connectivity index (χ1) is 6.63. The van der Waals surface area contributed by atoms with Gasteiger partial charge >= 0.3 is 0 Å². The summed E-state index contributed by atoms with van der Waals surface area (Å²) in [7, 11) is 1.54. The number of rotatable bonds is 4. The van der Waals surface area contributed by atoms with Crippen molar-refractivity contribution in [1.82, 2.24) is 4.98 Å². The molecule has 2 nitrogen and oxygen atoms in total. The van der Waals surface area contributed by atoms with Gasteiger partial charge in [-0.05, 0) is 6.07 Å². The SMILES string of the molecule is COCC(Cl)Cc1ncc(Cl)cc1F. The number of ether oxygens (including phenoxy) is 1. The zero-order chi connectivity index (χ0) is 10.6. The van der Waals surface area contributed by atoms with Crippen LogP contribution in [0.3, 0.4) is 0 Å². The largest absolute Gasteiger partial charge is 0.383 e. The molecule has 0 saturated heterocycles. The maximum atomic E-state index is 13.2. The second kappa shape index (κ2) is 5.49. The lowest BCUT2D eigenvalue weighted by atomic mass is 10.2. The van der Waals surface area contributed by atoms with Crippen molar-refractivity contribution >= 4 is 23.2 Å². The van der Waals surface area contributed by atoms with Crippen molar-refractivity contribution in [2.45, 2.75) is 11.8 Å². The van der Waals surface area contributed by atoms with E-state index in [4.69, 9.17) is 27.9 Å². The van der Waals surface area contributed by atoms with Crippen molar-refractivity contribution in [1.29, 1.82) is 0 Å². The quantitative estimate of drug-likeness (QED) is 0.752. The Morgan fingerprint density at radius 2 is 2.36 bits per heavy atom. The van der Waals surface area contributed by atoms with Crippen LogP contribution >= 0.6 is 23.2 Å². The average molecular weight is 238 g/mol. The van der Waals surface area contributed by atoms with Gasteiger partial charge in [0.2, 0.25) is 0 Å². The normalized spacial score (nSPS) is 12.9. The molecule has 0 radical (unpaired) electrons. The number of hydrogen-bond acceptors (Lipinski definition) is 2. The summed E-state index contributed by atoms with van der Waals surface area (Å²) in [6.45, 7) is 0.366. The van der Waals surface area contributed by atoms with Crippen LogP contribution in [0.4, 0.5) is 4.39 Å². The molecule has 78 valence electrons. The van der Waals surface area contributed by atoms with E-state index in [1.165, 1.54) is 12.3 Å². The molecule has 0 fully saturated rings. The van der Waals surface area contributed by atoms with Gasteiger partial charge in [-0.3, -0.25) is 4.98 Å². The van der Waals surface area contributed by atoms with Crippen LogP contribution in [-0.2, 0) is 11.2 Å². The monoisotopic (exact) mass is 237 g/mol. The van der Waals surface area contributed by atoms with E-state index in [1.54, 1.807) is 7.11 Å². The van der Waals surface area contributed by atoms with Gasteiger partial charge in [-0.1, -0.05) is 11.6 Å². The van der Waals surface area contributed by atoms with Crippen molar-refractivity contribution in [2.75, 3.05) is 13.7 Å². The maximum absolute atomic E-state index is 13.2. The van der Waals surface area contributed by atoms with Crippen molar-refractivity contribution in [2.24, 2.45) is 0 Å². The Hall–Kier alpha value is -0.380. The Labute approximate surface area is 92.0 Å². The Morgan fingerprint density at radius 3 is 2.93 bits per heavy atom. The first-order valence-corrected chi connectivity index (χ1v) is 4.88. The number of aromatic nitrogens is 1. The second-order valence-electron chi connectivity index (χ2n) is 2.84. The fourth-order valence-electron chi connectivity index (χ4n) is 1.04. The molecule has 14 heavy (non-hydrogen) atoms. The van der Waals surface area contributed by atoms with Gasteiger partial charge in [0.15, 0.2) is 0 Å². The summed E-state index contributed by atoms with van der Waals surface area (Å²) >= 11 is 11.4. The van der Waals surface area contributed by atoms with Crippen LogP contribution in [0.15, 0.2) is 12.3 Å². The number of hydrogen-bond donors (Lipinski definition) is 0. The molecule has 0 aliphatic rings. The van der Waals surface area contributed by atoms with Gasteiger partial charge in [0.25, 0.3) is 0 Å². The van der Waals surface area contributed by atoms with E-state index in [0.29, 0.717) is 18.7 Å². The lowest BCUT2D eigenvalue weighted by Gasteiger charge is -2.07. The Kier molecular flexibility index (Phi) is 4.58. The van der Waals surface area contributed by atoms with Crippen LogP contribution in [0.5, 0.6) is 0 Å². The fraction of sp³-hybridized carbons (Fsp3) is 0.444. The molecule has 0 spiro atoms. The fourth-order valence-corrected chi connectivity index (χ4v) is 1.46. The number of pyridine rings is 1. The number of alkyl halides is 1. The van der Waals surface area contributed by atoms with Gasteiger partial charge < -0.3 is 4.74 Å². The van der Waals surface area contributed by atoms with E-state index in [2.05, 4.69) is 4.98 Å². The minimum absolute atomic E-state index is 0.275. The minimum Gasteiger partial charge on any atom is -0.383 e. The predicted octanol–water partition coefficient (Wildman–Crippen LogP) is 2.67. The van der Waals surface area contributed by atoms with E-state index in [1.807, 2.05) is 0 Å². The predicted molar refractivity (Wildman–Crippen MR) is 54.4 cm³/mol. The molecule has 0 bridgehead atoms. The Balaban J connectivity index is 2.67. The van der Waals surface area contributed by atoms with Gasteiger partial charge in [-0.15, -0.1) is 11.6 Å². The van der Waals surface area contributed by atoms with Gasteiger partial charge in [-0.2, -0.15) is 0 Å². The number of halogens is 3. The summed E-state index contributed by atoms with van der Waals surface area (Å²) in [5.41, 5.74) is 0.312. The highest BCUT2D eigenvalue weighted by Gasteiger charge is 2.11. The zero-order valence-electron chi connectivity index (χ0n) is 7.64. The first kappa shape index (κ1) is 11.7. The molecule has 1 atom stereocenters. The lowest BCUT2D eigenvalue weighted by molar-refractivity contribution is 0.197. The molecule has 0 saturated carbocycles. The third-order valence-corrected chi connectivity index (χ3v) is 2.13. The summed E-state index contributed by atoms with van der Waals surface area (Å²) in [6.07, 6.45) is 1.73. The van der Waals surface area contributed by atoms with Gasteiger partial charge in [0, 0.05) is 19.7 Å². The maximum Gasteiger partial charge on any atom is 0.146 e. The van der Waals surface area contributed by atoms with Crippen molar-refractivity contribution in [3.8, 4) is 0 Å².